The second-order valence-electron chi connectivity index (χ2n) is 6.66. The van der Waals surface area contributed by atoms with Crippen molar-refractivity contribution < 1.29 is 0 Å². The maximum absolute atomic E-state index is 5.99. The molecule has 8 heteroatoms. The van der Waals surface area contributed by atoms with Crippen LogP contribution in [0.15, 0.2) is 23.3 Å². The minimum atomic E-state index is 0. The van der Waals surface area contributed by atoms with Gasteiger partial charge in [0.05, 0.1) is 16.6 Å². The summed E-state index contributed by atoms with van der Waals surface area (Å²) in [6.45, 7) is 7.91. The number of aliphatic imine (C=N–C) groups is 1. The SMILES string of the molecule is CCNC(=NCc1ccc(Cl)s1)NC1CCc2cn(C(C)C)nc2C1.I. The molecule has 1 aliphatic carbocycles. The summed E-state index contributed by atoms with van der Waals surface area (Å²) in [5.74, 6) is 0.865. The minimum Gasteiger partial charge on any atom is -0.357 e. The topological polar surface area (TPSA) is 54.2 Å². The van der Waals surface area contributed by atoms with Crippen molar-refractivity contribution in [2.75, 3.05) is 6.54 Å². The Morgan fingerprint density at radius 1 is 1.46 bits per heavy atom. The van der Waals surface area contributed by atoms with Crippen LogP contribution in [-0.2, 0) is 19.4 Å². The van der Waals surface area contributed by atoms with E-state index in [-0.39, 0.29) is 24.0 Å². The first-order chi connectivity index (χ1) is 12.0. The number of thiophene rings is 1. The standard InChI is InChI=1S/C18H26ClN5S.HI/c1-4-20-18(21-10-15-7-8-17(19)25-15)22-14-6-5-13-11-24(12(2)3)23-16(13)9-14;/h7-8,11-12,14H,4-6,9-10H2,1-3H3,(H2,20,21,22);1H. The van der Waals surface area contributed by atoms with Crippen LogP contribution in [0, 0.1) is 0 Å². The van der Waals surface area contributed by atoms with Crippen molar-refractivity contribution in [2.24, 2.45) is 4.99 Å². The first-order valence-corrected chi connectivity index (χ1v) is 10.1. The highest BCUT2D eigenvalue weighted by Gasteiger charge is 2.23. The van der Waals surface area contributed by atoms with Gasteiger partial charge in [-0.3, -0.25) is 4.68 Å². The van der Waals surface area contributed by atoms with Crippen LogP contribution < -0.4 is 10.6 Å². The number of guanidine groups is 1. The van der Waals surface area contributed by atoms with Crippen LogP contribution >= 0.6 is 46.9 Å². The highest BCUT2D eigenvalue weighted by atomic mass is 127. The number of hydrogen-bond acceptors (Lipinski definition) is 3. The van der Waals surface area contributed by atoms with Crippen LogP contribution in [0.3, 0.4) is 0 Å². The average molecular weight is 508 g/mol. The first kappa shape index (κ1) is 21.5. The maximum atomic E-state index is 5.99. The molecule has 2 aromatic heterocycles. The summed E-state index contributed by atoms with van der Waals surface area (Å²) in [6.07, 6.45) is 5.33. The van der Waals surface area contributed by atoms with Gasteiger partial charge in [0.15, 0.2) is 5.96 Å². The molecule has 0 aliphatic heterocycles. The zero-order chi connectivity index (χ0) is 17.8. The molecule has 0 saturated carbocycles. The first-order valence-electron chi connectivity index (χ1n) is 8.91. The van der Waals surface area contributed by atoms with Gasteiger partial charge < -0.3 is 10.6 Å². The third-order valence-corrected chi connectivity index (χ3v) is 5.55. The number of halogens is 2. The third kappa shape index (κ3) is 5.60. The van der Waals surface area contributed by atoms with Gasteiger partial charge in [-0.15, -0.1) is 35.3 Å². The molecular weight excluding hydrogens is 481 g/mol. The van der Waals surface area contributed by atoms with Crippen LogP contribution in [-0.4, -0.2) is 28.3 Å². The van der Waals surface area contributed by atoms with Gasteiger partial charge in [-0.2, -0.15) is 5.10 Å². The van der Waals surface area contributed by atoms with E-state index in [0.717, 1.165) is 36.1 Å². The van der Waals surface area contributed by atoms with Crippen LogP contribution in [0.1, 0.15) is 49.4 Å². The third-order valence-electron chi connectivity index (χ3n) is 4.33. The van der Waals surface area contributed by atoms with Crippen molar-refractivity contribution in [1.29, 1.82) is 0 Å². The fraction of sp³-hybridized carbons (Fsp3) is 0.556. The van der Waals surface area contributed by atoms with E-state index < -0.39 is 0 Å². The van der Waals surface area contributed by atoms with E-state index in [1.165, 1.54) is 16.1 Å². The van der Waals surface area contributed by atoms with E-state index >= 15 is 0 Å². The van der Waals surface area contributed by atoms with Gasteiger partial charge in [0.25, 0.3) is 0 Å². The van der Waals surface area contributed by atoms with Crippen molar-refractivity contribution in [3.63, 3.8) is 0 Å². The van der Waals surface area contributed by atoms with E-state index in [0.29, 0.717) is 18.6 Å². The van der Waals surface area contributed by atoms with Gasteiger partial charge in [-0.25, -0.2) is 4.99 Å². The van der Waals surface area contributed by atoms with Crippen LogP contribution in [0.4, 0.5) is 0 Å². The van der Waals surface area contributed by atoms with Crippen LogP contribution in [0.5, 0.6) is 0 Å². The quantitative estimate of drug-likeness (QED) is 0.358. The molecule has 0 radical (unpaired) electrons. The molecule has 2 aromatic rings. The highest BCUT2D eigenvalue weighted by molar-refractivity contribution is 14.0. The zero-order valence-corrected chi connectivity index (χ0v) is 19.4. The predicted octanol–water partition coefficient (Wildman–Crippen LogP) is 4.41. The lowest BCUT2D eigenvalue weighted by Crippen LogP contribution is -2.45. The second-order valence-corrected chi connectivity index (χ2v) is 8.46. The Hall–Kier alpha value is -0.800. The Labute approximate surface area is 181 Å². The summed E-state index contributed by atoms with van der Waals surface area (Å²) in [4.78, 5) is 5.87. The van der Waals surface area contributed by atoms with E-state index in [4.69, 9.17) is 21.7 Å². The van der Waals surface area contributed by atoms with Gasteiger partial charge in [0.2, 0.25) is 0 Å². The van der Waals surface area contributed by atoms with Crippen molar-refractivity contribution in [3.8, 4) is 0 Å². The number of aryl methyl sites for hydroxylation is 1. The lowest BCUT2D eigenvalue weighted by molar-refractivity contribution is 0.499. The van der Waals surface area contributed by atoms with Gasteiger partial charge in [-0.05, 0) is 51.3 Å². The summed E-state index contributed by atoms with van der Waals surface area (Å²) in [5, 5.41) is 11.7. The number of nitrogens with zero attached hydrogens (tertiary/aromatic N) is 3. The van der Waals surface area contributed by atoms with Gasteiger partial charge >= 0.3 is 0 Å². The maximum Gasteiger partial charge on any atom is 0.191 e. The highest BCUT2D eigenvalue weighted by Crippen LogP contribution is 2.23. The molecule has 0 fully saturated rings. The molecule has 3 rings (SSSR count). The average Bonchev–Trinajstić information content (AvgIpc) is 3.18. The fourth-order valence-electron chi connectivity index (χ4n) is 3.01. The molecule has 1 unspecified atom stereocenters. The lowest BCUT2D eigenvalue weighted by Gasteiger charge is -2.24. The smallest absolute Gasteiger partial charge is 0.191 e. The molecule has 1 aliphatic rings. The summed E-state index contributed by atoms with van der Waals surface area (Å²) >= 11 is 7.57. The summed E-state index contributed by atoms with van der Waals surface area (Å²) in [7, 11) is 0. The monoisotopic (exact) mass is 507 g/mol. The van der Waals surface area contributed by atoms with Crippen molar-refractivity contribution in [1.82, 2.24) is 20.4 Å². The Morgan fingerprint density at radius 2 is 2.27 bits per heavy atom. The van der Waals surface area contributed by atoms with Crippen molar-refractivity contribution in [2.45, 2.75) is 58.7 Å². The summed E-state index contributed by atoms with van der Waals surface area (Å²) in [6, 6.07) is 4.73. The van der Waals surface area contributed by atoms with Gasteiger partial charge in [0.1, 0.15) is 0 Å². The number of aromatic nitrogens is 2. The van der Waals surface area contributed by atoms with E-state index in [2.05, 4.69) is 42.3 Å². The summed E-state index contributed by atoms with van der Waals surface area (Å²) in [5.41, 5.74) is 2.61. The minimum absolute atomic E-state index is 0. The Kier molecular flexibility index (Phi) is 8.22. The Morgan fingerprint density at radius 3 is 2.92 bits per heavy atom. The molecule has 0 bridgehead atoms. The molecule has 144 valence electrons. The lowest BCUT2D eigenvalue weighted by atomic mass is 9.94. The molecule has 0 aromatic carbocycles. The molecule has 0 saturated heterocycles. The molecule has 1 atom stereocenters. The predicted molar refractivity (Wildman–Crippen MR) is 121 cm³/mol. The second kappa shape index (κ2) is 9.94. The fourth-order valence-corrected chi connectivity index (χ4v) is 4.02. The van der Waals surface area contributed by atoms with Crippen LogP contribution in [0.2, 0.25) is 4.34 Å². The van der Waals surface area contributed by atoms with Crippen molar-refractivity contribution in [3.05, 3.63) is 38.8 Å². The largest absolute Gasteiger partial charge is 0.357 e. The van der Waals surface area contributed by atoms with Gasteiger partial charge in [-0.1, -0.05) is 11.6 Å². The normalized spacial score (nSPS) is 17.0. The molecule has 2 N–H and O–H groups in total. The Bertz CT molecular complexity index is 740. The molecule has 0 spiro atoms. The van der Waals surface area contributed by atoms with E-state index in [1.807, 2.05) is 12.1 Å². The van der Waals surface area contributed by atoms with E-state index in [1.54, 1.807) is 11.3 Å². The molecule has 26 heavy (non-hydrogen) atoms. The van der Waals surface area contributed by atoms with Crippen LogP contribution in [0.25, 0.3) is 0 Å². The molecular formula is C18H27ClIN5S. The number of rotatable bonds is 5. The number of fused-ring (bicyclic) bond motifs is 1. The number of hydrogen-bond donors (Lipinski definition) is 2. The molecule has 2 heterocycles. The van der Waals surface area contributed by atoms with Gasteiger partial charge in [0, 0.05) is 36.1 Å². The summed E-state index contributed by atoms with van der Waals surface area (Å²) < 4.78 is 2.89. The molecule has 0 amide bonds. The Balaban J connectivity index is 0.00000243. The van der Waals surface area contributed by atoms with E-state index in [9.17, 15) is 0 Å². The number of nitrogens with one attached hydrogen (secondary N) is 2. The van der Waals surface area contributed by atoms with Crippen molar-refractivity contribution >= 4 is 52.9 Å². The molecule has 5 nitrogen and oxygen atoms in total. The zero-order valence-electron chi connectivity index (χ0n) is 15.5.